The van der Waals surface area contributed by atoms with Gasteiger partial charge in [0.1, 0.15) is 12.6 Å². The molecule has 1 N–H and O–H groups in total. The maximum Gasteiger partial charge on any atom is 0.244 e. The molecule has 2 rings (SSSR count). The number of nitrogens with zero attached hydrogens (tertiary/aromatic N) is 2. The fourth-order valence-electron chi connectivity index (χ4n) is 3.09. The van der Waals surface area contributed by atoms with Gasteiger partial charge in [-0.2, -0.15) is 0 Å². The number of carbonyl (C=O) groups is 2. The van der Waals surface area contributed by atoms with E-state index in [9.17, 15) is 18.0 Å². The van der Waals surface area contributed by atoms with E-state index in [0.29, 0.717) is 15.2 Å². The molecule has 1 atom stereocenters. The van der Waals surface area contributed by atoms with E-state index in [4.69, 9.17) is 11.6 Å². The summed E-state index contributed by atoms with van der Waals surface area (Å²) >= 11 is 9.31. The molecule has 0 spiro atoms. The first kappa shape index (κ1) is 27.1. The quantitative estimate of drug-likeness (QED) is 0.526. The minimum Gasteiger partial charge on any atom is -0.350 e. The Morgan fingerprint density at radius 1 is 1.12 bits per heavy atom. The van der Waals surface area contributed by atoms with Crippen LogP contribution < -0.4 is 9.62 Å². The second kappa shape index (κ2) is 10.9. The van der Waals surface area contributed by atoms with E-state index in [0.717, 1.165) is 16.1 Å². The van der Waals surface area contributed by atoms with Crippen LogP contribution in [0.1, 0.15) is 33.3 Å². The Kier molecular flexibility index (Phi) is 8.95. The van der Waals surface area contributed by atoms with Crippen molar-refractivity contribution in [3.05, 3.63) is 63.6 Å². The van der Waals surface area contributed by atoms with Crippen LogP contribution in [0.15, 0.2) is 53.0 Å². The van der Waals surface area contributed by atoms with Crippen molar-refractivity contribution in [3.63, 3.8) is 0 Å². The highest BCUT2D eigenvalue weighted by atomic mass is 79.9. The summed E-state index contributed by atoms with van der Waals surface area (Å²) in [4.78, 5) is 27.7. The van der Waals surface area contributed by atoms with E-state index in [-0.39, 0.29) is 12.5 Å². The molecule has 0 bridgehead atoms. The normalized spacial score (nSPS) is 12.7. The third-order valence-electron chi connectivity index (χ3n) is 4.71. The number of amides is 2. The Balaban J connectivity index is 2.39. The molecule has 0 aliphatic heterocycles. The van der Waals surface area contributed by atoms with E-state index in [2.05, 4.69) is 21.2 Å². The van der Waals surface area contributed by atoms with Crippen molar-refractivity contribution in [2.45, 2.75) is 45.8 Å². The topological polar surface area (TPSA) is 86.8 Å². The van der Waals surface area contributed by atoms with Crippen molar-refractivity contribution in [1.29, 1.82) is 0 Å². The molecule has 0 heterocycles. The lowest BCUT2D eigenvalue weighted by molar-refractivity contribution is -0.140. The number of hydrogen-bond donors (Lipinski definition) is 1. The van der Waals surface area contributed by atoms with Gasteiger partial charge in [0.15, 0.2) is 0 Å². The van der Waals surface area contributed by atoms with Crippen LogP contribution in [0.25, 0.3) is 0 Å². The molecule has 0 aliphatic carbocycles. The predicted molar refractivity (Wildman–Crippen MR) is 136 cm³/mol. The van der Waals surface area contributed by atoms with Crippen LogP contribution in [0.5, 0.6) is 0 Å². The van der Waals surface area contributed by atoms with Gasteiger partial charge in [-0.1, -0.05) is 45.7 Å². The molecule has 0 aliphatic rings. The molecule has 0 aromatic heterocycles. The molecule has 0 radical (unpaired) electrons. The Hall–Kier alpha value is -2.10. The average molecular weight is 559 g/mol. The fraction of sp³-hybridized carbons (Fsp3) is 0.391. The molecule has 33 heavy (non-hydrogen) atoms. The molecule has 0 saturated carbocycles. The molecular formula is C23H29BrClN3O4S. The van der Waals surface area contributed by atoms with Crippen LogP contribution in [0.3, 0.4) is 0 Å². The molecular weight excluding hydrogens is 530 g/mol. The van der Waals surface area contributed by atoms with Gasteiger partial charge in [-0.3, -0.25) is 13.9 Å². The molecule has 2 amide bonds. The lowest BCUT2D eigenvalue weighted by Crippen LogP contribution is -2.54. The third kappa shape index (κ3) is 8.32. The number of sulfonamides is 1. The van der Waals surface area contributed by atoms with Crippen molar-refractivity contribution in [1.82, 2.24) is 10.2 Å². The smallest absolute Gasteiger partial charge is 0.244 e. The highest BCUT2D eigenvalue weighted by molar-refractivity contribution is 9.10. The lowest BCUT2D eigenvalue weighted by atomic mass is 10.1. The molecule has 0 saturated heterocycles. The van der Waals surface area contributed by atoms with Crippen molar-refractivity contribution in [2.75, 3.05) is 17.1 Å². The van der Waals surface area contributed by atoms with E-state index >= 15 is 0 Å². The van der Waals surface area contributed by atoms with Gasteiger partial charge in [0.05, 0.1) is 11.9 Å². The van der Waals surface area contributed by atoms with Crippen molar-refractivity contribution >= 4 is 55.1 Å². The molecule has 180 valence electrons. The molecule has 0 unspecified atom stereocenters. The van der Waals surface area contributed by atoms with E-state index < -0.39 is 34.1 Å². The third-order valence-corrected chi connectivity index (χ3v) is 6.59. The van der Waals surface area contributed by atoms with Gasteiger partial charge < -0.3 is 10.2 Å². The molecule has 7 nitrogen and oxygen atoms in total. The molecule has 2 aromatic rings. The minimum atomic E-state index is -3.77. The second-order valence-electron chi connectivity index (χ2n) is 8.81. The number of halogens is 2. The summed E-state index contributed by atoms with van der Waals surface area (Å²) in [5, 5.41) is 3.43. The Morgan fingerprint density at radius 2 is 1.73 bits per heavy atom. The summed E-state index contributed by atoms with van der Waals surface area (Å²) in [7, 11) is -3.77. The predicted octanol–water partition coefficient (Wildman–Crippen LogP) is 4.20. The first-order valence-electron chi connectivity index (χ1n) is 10.3. The summed E-state index contributed by atoms with van der Waals surface area (Å²) < 4.78 is 26.8. The first-order valence-corrected chi connectivity index (χ1v) is 13.3. The standard InChI is InChI=1S/C23H29BrClN3O4S/c1-16(22(30)26-23(2,3)4)27(14-17-9-11-19(25)12-10-17)21(29)15-28(33(5,31)32)20-8-6-7-18(24)13-20/h6-13,16H,14-15H2,1-5H3,(H,26,30)/t16-/m1/s1. The molecule has 2 aromatic carbocycles. The van der Waals surface area contributed by atoms with Gasteiger partial charge in [0, 0.05) is 21.6 Å². The number of benzene rings is 2. The minimum absolute atomic E-state index is 0.116. The monoisotopic (exact) mass is 557 g/mol. The van der Waals surface area contributed by atoms with Gasteiger partial charge in [0.2, 0.25) is 21.8 Å². The van der Waals surface area contributed by atoms with Crippen molar-refractivity contribution in [2.24, 2.45) is 0 Å². The van der Waals surface area contributed by atoms with Crippen LogP contribution >= 0.6 is 27.5 Å². The van der Waals surface area contributed by atoms with Gasteiger partial charge >= 0.3 is 0 Å². The number of anilines is 1. The van der Waals surface area contributed by atoms with E-state index in [1.54, 1.807) is 55.5 Å². The van der Waals surface area contributed by atoms with E-state index in [1.807, 2.05) is 20.8 Å². The van der Waals surface area contributed by atoms with Gasteiger partial charge in [-0.05, 0) is 63.6 Å². The van der Waals surface area contributed by atoms with Crippen LogP contribution in [0.4, 0.5) is 5.69 Å². The highest BCUT2D eigenvalue weighted by Gasteiger charge is 2.31. The van der Waals surface area contributed by atoms with Crippen LogP contribution in [-0.2, 0) is 26.2 Å². The van der Waals surface area contributed by atoms with Gasteiger partial charge in [-0.25, -0.2) is 8.42 Å². The summed E-state index contributed by atoms with van der Waals surface area (Å²) in [5.41, 5.74) is 0.616. The second-order valence-corrected chi connectivity index (χ2v) is 12.1. The summed E-state index contributed by atoms with van der Waals surface area (Å²) in [6, 6.07) is 12.8. The van der Waals surface area contributed by atoms with Crippen LogP contribution in [0, 0.1) is 0 Å². The maximum atomic E-state index is 13.4. The zero-order valence-electron chi connectivity index (χ0n) is 19.3. The van der Waals surface area contributed by atoms with Gasteiger partial charge in [0.25, 0.3) is 0 Å². The largest absolute Gasteiger partial charge is 0.350 e. The highest BCUT2D eigenvalue weighted by Crippen LogP contribution is 2.23. The Bertz CT molecular complexity index is 1100. The van der Waals surface area contributed by atoms with Crippen LogP contribution in [-0.4, -0.2) is 49.5 Å². The summed E-state index contributed by atoms with van der Waals surface area (Å²) in [6.07, 6.45) is 1.04. The number of carbonyl (C=O) groups excluding carboxylic acids is 2. The van der Waals surface area contributed by atoms with Crippen molar-refractivity contribution in [3.8, 4) is 0 Å². The zero-order chi connectivity index (χ0) is 25.0. The zero-order valence-corrected chi connectivity index (χ0v) is 22.5. The molecule has 0 fully saturated rings. The van der Waals surface area contributed by atoms with E-state index in [1.165, 1.54) is 4.90 Å². The number of hydrogen-bond acceptors (Lipinski definition) is 4. The SMILES string of the molecule is C[C@H](C(=O)NC(C)(C)C)N(Cc1ccc(Cl)cc1)C(=O)CN(c1cccc(Br)c1)S(C)(=O)=O. The maximum absolute atomic E-state index is 13.4. The van der Waals surface area contributed by atoms with Gasteiger partial charge in [-0.15, -0.1) is 0 Å². The summed E-state index contributed by atoms with van der Waals surface area (Å²) in [6.45, 7) is 6.84. The fourth-order valence-corrected chi connectivity index (χ4v) is 4.44. The molecule has 10 heteroatoms. The Labute approximate surface area is 209 Å². The average Bonchev–Trinajstić information content (AvgIpc) is 2.68. The Morgan fingerprint density at radius 3 is 2.24 bits per heavy atom. The lowest BCUT2D eigenvalue weighted by Gasteiger charge is -2.33. The number of nitrogens with one attached hydrogen (secondary N) is 1. The summed E-state index contributed by atoms with van der Waals surface area (Å²) in [5.74, 6) is -0.843. The van der Waals surface area contributed by atoms with Crippen molar-refractivity contribution < 1.29 is 18.0 Å². The number of rotatable bonds is 8. The van der Waals surface area contributed by atoms with Crippen LogP contribution in [0.2, 0.25) is 5.02 Å². The first-order chi connectivity index (χ1) is 15.2.